The van der Waals surface area contributed by atoms with Gasteiger partial charge < -0.3 is 10.4 Å². The third-order valence-corrected chi connectivity index (χ3v) is 3.58. The van der Waals surface area contributed by atoms with Gasteiger partial charge in [-0.05, 0) is 36.5 Å². The van der Waals surface area contributed by atoms with E-state index in [2.05, 4.69) is 16.6 Å². The third-order valence-electron chi connectivity index (χ3n) is 2.72. The second-order valence-electron chi connectivity index (χ2n) is 3.91. The number of hydrogen-bond donors (Lipinski definition) is 2. The van der Waals surface area contributed by atoms with Crippen molar-refractivity contribution >= 4 is 28.2 Å². The first-order chi connectivity index (χ1) is 8.63. The Morgan fingerprint density at radius 1 is 1.44 bits per heavy atom. The quantitative estimate of drug-likeness (QED) is 0.885. The predicted octanol–water partition coefficient (Wildman–Crippen LogP) is 3.46. The van der Waals surface area contributed by atoms with Gasteiger partial charge in [-0.25, -0.2) is 4.79 Å². The summed E-state index contributed by atoms with van der Waals surface area (Å²) >= 11 is 1.18. The maximum absolute atomic E-state index is 11.2. The number of benzene rings is 1. The lowest BCUT2D eigenvalue weighted by molar-refractivity contribution is 0.0697. The molecule has 1 heterocycles. The van der Waals surface area contributed by atoms with Crippen molar-refractivity contribution in [2.24, 2.45) is 0 Å². The number of aromatic carboxylic acids is 1. The van der Waals surface area contributed by atoms with E-state index >= 15 is 0 Å². The van der Waals surface area contributed by atoms with Gasteiger partial charge in [-0.1, -0.05) is 25.1 Å². The molecule has 4 nitrogen and oxygen atoms in total. The molecule has 2 aromatic rings. The fourth-order valence-electron chi connectivity index (χ4n) is 1.78. The highest BCUT2D eigenvalue weighted by Gasteiger charge is 2.17. The molecule has 0 spiro atoms. The van der Waals surface area contributed by atoms with Crippen LogP contribution in [0.2, 0.25) is 0 Å². The van der Waals surface area contributed by atoms with Crippen molar-refractivity contribution in [3.63, 3.8) is 0 Å². The smallest absolute Gasteiger partial charge is 0.340 e. The van der Waals surface area contributed by atoms with E-state index in [9.17, 15) is 4.79 Å². The van der Waals surface area contributed by atoms with Crippen LogP contribution in [0.15, 0.2) is 24.3 Å². The number of nitrogens with one attached hydrogen (secondary N) is 1. The number of anilines is 2. The first-order valence-electron chi connectivity index (χ1n) is 5.68. The molecule has 0 aliphatic heterocycles. The minimum Gasteiger partial charge on any atom is -0.478 e. The lowest BCUT2D eigenvalue weighted by Crippen LogP contribution is -2.02. The van der Waals surface area contributed by atoms with Gasteiger partial charge in [-0.2, -0.15) is 4.37 Å². The van der Waals surface area contributed by atoms with Crippen LogP contribution in [0.1, 0.15) is 28.5 Å². The standard InChI is InChI=1S/C13H14N2O2S/c1-3-9-6-4-5-7-10(9)14-12-11(13(16)17)8(2)15-18-12/h4-7,14H,3H2,1-2H3,(H,16,17). The van der Waals surface area contributed by atoms with Crippen LogP contribution in [-0.4, -0.2) is 15.4 Å². The van der Waals surface area contributed by atoms with Gasteiger partial charge in [0.2, 0.25) is 0 Å². The van der Waals surface area contributed by atoms with Crippen LogP contribution >= 0.6 is 11.5 Å². The first kappa shape index (κ1) is 12.6. The highest BCUT2D eigenvalue weighted by molar-refractivity contribution is 7.10. The Kier molecular flexibility index (Phi) is 3.62. The molecule has 94 valence electrons. The Balaban J connectivity index is 2.37. The van der Waals surface area contributed by atoms with E-state index in [0.717, 1.165) is 17.7 Å². The summed E-state index contributed by atoms with van der Waals surface area (Å²) < 4.78 is 4.09. The normalized spacial score (nSPS) is 10.3. The number of hydrogen-bond acceptors (Lipinski definition) is 4. The molecule has 2 rings (SSSR count). The number of aromatic nitrogens is 1. The predicted molar refractivity (Wildman–Crippen MR) is 72.9 cm³/mol. The van der Waals surface area contributed by atoms with E-state index in [-0.39, 0.29) is 5.56 Å². The molecular formula is C13H14N2O2S. The van der Waals surface area contributed by atoms with Gasteiger partial charge in [0.25, 0.3) is 0 Å². The second-order valence-corrected chi connectivity index (χ2v) is 4.69. The van der Waals surface area contributed by atoms with Gasteiger partial charge >= 0.3 is 5.97 Å². The summed E-state index contributed by atoms with van der Waals surface area (Å²) in [5.74, 6) is -0.947. The highest BCUT2D eigenvalue weighted by Crippen LogP contribution is 2.29. The van der Waals surface area contributed by atoms with Gasteiger partial charge in [-0.15, -0.1) is 0 Å². The molecule has 0 unspecified atom stereocenters. The number of nitrogens with zero attached hydrogens (tertiary/aromatic N) is 1. The van der Waals surface area contributed by atoms with Crippen LogP contribution in [-0.2, 0) is 6.42 Å². The van der Waals surface area contributed by atoms with Crippen LogP contribution in [0.4, 0.5) is 10.7 Å². The van der Waals surface area contributed by atoms with E-state index in [1.54, 1.807) is 6.92 Å². The number of aryl methyl sites for hydroxylation is 2. The molecule has 1 aromatic carbocycles. The Morgan fingerprint density at radius 2 is 2.17 bits per heavy atom. The molecule has 5 heteroatoms. The maximum Gasteiger partial charge on any atom is 0.340 e. The molecule has 0 radical (unpaired) electrons. The summed E-state index contributed by atoms with van der Waals surface area (Å²) in [5, 5.41) is 12.9. The van der Waals surface area contributed by atoms with Crippen LogP contribution in [0.25, 0.3) is 0 Å². The third kappa shape index (κ3) is 2.36. The molecule has 0 saturated carbocycles. The molecule has 18 heavy (non-hydrogen) atoms. The molecule has 0 bridgehead atoms. The topological polar surface area (TPSA) is 62.2 Å². The SMILES string of the molecule is CCc1ccccc1Nc1snc(C)c1C(=O)O. The Bertz CT molecular complexity index is 578. The average Bonchev–Trinajstić information content (AvgIpc) is 2.71. The minimum atomic E-state index is -0.947. The summed E-state index contributed by atoms with van der Waals surface area (Å²) in [6.45, 7) is 3.77. The summed E-state index contributed by atoms with van der Waals surface area (Å²) in [7, 11) is 0. The molecule has 0 saturated heterocycles. The second kappa shape index (κ2) is 5.18. The van der Waals surface area contributed by atoms with Gasteiger partial charge in [-0.3, -0.25) is 0 Å². The number of carboxylic acid groups (broad SMARTS) is 1. The minimum absolute atomic E-state index is 0.255. The Labute approximate surface area is 109 Å². The van der Waals surface area contributed by atoms with Crippen LogP contribution < -0.4 is 5.32 Å². The zero-order valence-electron chi connectivity index (χ0n) is 10.2. The van der Waals surface area contributed by atoms with E-state index in [1.807, 2.05) is 24.3 Å². The lowest BCUT2D eigenvalue weighted by atomic mass is 10.1. The molecule has 0 aliphatic rings. The van der Waals surface area contributed by atoms with Gasteiger partial charge in [0.15, 0.2) is 0 Å². The van der Waals surface area contributed by atoms with E-state index in [1.165, 1.54) is 11.5 Å². The number of rotatable bonds is 4. The zero-order valence-corrected chi connectivity index (χ0v) is 11.0. The van der Waals surface area contributed by atoms with Crippen molar-refractivity contribution < 1.29 is 9.90 Å². The molecule has 0 fully saturated rings. The number of carbonyl (C=O) groups is 1. The summed E-state index contributed by atoms with van der Waals surface area (Å²) in [5.41, 5.74) is 2.89. The average molecular weight is 262 g/mol. The van der Waals surface area contributed by atoms with E-state index in [0.29, 0.717) is 10.7 Å². The van der Waals surface area contributed by atoms with E-state index in [4.69, 9.17) is 5.11 Å². The van der Waals surface area contributed by atoms with Gasteiger partial charge in [0, 0.05) is 5.69 Å². The van der Waals surface area contributed by atoms with E-state index < -0.39 is 5.97 Å². The zero-order chi connectivity index (χ0) is 13.1. The monoisotopic (exact) mass is 262 g/mol. The van der Waals surface area contributed by atoms with Crippen molar-refractivity contribution in [1.29, 1.82) is 0 Å². The van der Waals surface area contributed by atoms with Crippen molar-refractivity contribution in [1.82, 2.24) is 4.37 Å². The summed E-state index contributed by atoms with van der Waals surface area (Å²) in [6, 6.07) is 7.87. The van der Waals surface area contributed by atoms with Gasteiger partial charge in [0.05, 0.1) is 5.69 Å². The Morgan fingerprint density at radius 3 is 2.83 bits per heavy atom. The lowest BCUT2D eigenvalue weighted by Gasteiger charge is -2.09. The molecule has 0 aliphatic carbocycles. The largest absolute Gasteiger partial charge is 0.478 e. The van der Waals surface area contributed by atoms with Crippen molar-refractivity contribution in [3.8, 4) is 0 Å². The summed E-state index contributed by atoms with van der Waals surface area (Å²) in [6.07, 6.45) is 0.892. The fourth-order valence-corrected chi connectivity index (χ4v) is 2.58. The van der Waals surface area contributed by atoms with Crippen LogP contribution in [0.5, 0.6) is 0 Å². The number of para-hydroxylation sites is 1. The molecule has 2 N–H and O–H groups in total. The Hall–Kier alpha value is -1.88. The molecule has 0 atom stereocenters. The van der Waals surface area contributed by atoms with Crippen LogP contribution in [0.3, 0.4) is 0 Å². The van der Waals surface area contributed by atoms with Gasteiger partial charge in [0.1, 0.15) is 10.6 Å². The molecule has 0 amide bonds. The molecule has 1 aromatic heterocycles. The number of carboxylic acids is 1. The first-order valence-corrected chi connectivity index (χ1v) is 6.45. The van der Waals surface area contributed by atoms with Crippen molar-refractivity contribution in [3.05, 3.63) is 41.1 Å². The van der Waals surface area contributed by atoms with Crippen molar-refractivity contribution in [2.75, 3.05) is 5.32 Å². The fraction of sp³-hybridized carbons (Fsp3) is 0.231. The molecular weight excluding hydrogens is 248 g/mol. The van der Waals surface area contributed by atoms with Crippen LogP contribution in [0, 0.1) is 6.92 Å². The summed E-state index contributed by atoms with van der Waals surface area (Å²) in [4.78, 5) is 11.2. The highest BCUT2D eigenvalue weighted by atomic mass is 32.1. The van der Waals surface area contributed by atoms with Crippen molar-refractivity contribution in [2.45, 2.75) is 20.3 Å². The maximum atomic E-state index is 11.2.